The molecule has 108 valence electrons. The third kappa shape index (κ3) is 6.13. The standard InChI is InChI=1S/C12H26N2O3S/c1-12(2,3)14-9-7-13(8-10-14)6-5-11-17-18(4,15)16/h5-11H2,1-4H3. The molecule has 1 heterocycles. The zero-order valence-electron chi connectivity index (χ0n) is 12.0. The van der Waals surface area contributed by atoms with Gasteiger partial charge < -0.3 is 4.90 Å². The fraction of sp³-hybridized carbons (Fsp3) is 1.00. The van der Waals surface area contributed by atoms with E-state index in [1.54, 1.807) is 0 Å². The summed E-state index contributed by atoms with van der Waals surface area (Å²) in [6.45, 7) is 12.2. The highest BCUT2D eigenvalue weighted by atomic mass is 32.2. The lowest BCUT2D eigenvalue weighted by atomic mass is 10.0. The Bertz CT molecular complexity index is 341. The van der Waals surface area contributed by atoms with Crippen LogP contribution in [0, 0.1) is 0 Å². The van der Waals surface area contributed by atoms with Crippen LogP contribution in [0.4, 0.5) is 0 Å². The second-order valence-electron chi connectivity index (χ2n) is 5.88. The summed E-state index contributed by atoms with van der Waals surface area (Å²) < 4.78 is 26.3. The van der Waals surface area contributed by atoms with Crippen LogP contribution in [-0.2, 0) is 14.3 Å². The van der Waals surface area contributed by atoms with Crippen molar-refractivity contribution >= 4 is 10.1 Å². The number of nitrogens with zero attached hydrogens (tertiary/aromatic N) is 2. The molecule has 0 N–H and O–H groups in total. The van der Waals surface area contributed by atoms with Gasteiger partial charge in [-0.2, -0.15) is 8.42 Å². The van der Waals surface area contributed by atoms with Gasteiger partial charge in [0.1, 0.15) is 0 Å². The molecule has 1 rings (SSSR count). The van der Waals surface area contributed by atoms with Crippen LogP contribution in [0.5, 0.6) is 0 Å². The van der Waals surface area contributed by atoms with Gasteiger partial charge in [0.25, 0.3) is 10.1 Å². The summed E-state index contributed by atoms with van der Waals surface area (Å²) in [4.78, 5) is 4.85. The topological polar surface area (TPSA) is 49.9 Å². The Morgan fingerprint density at radius 1 is 1.11 bits per heavy atom. The van der Waals surface area contributed by atoms with E-state index in [2.05, 4.69) is 30.6 Å². The lowest BCUT2D eigenvalue weighted by Gasteiger charge is -2.42. The Labute approximate surface area is 111 Å². The molecule has 0 bridgehead atoms. The van der Waals surface area contributed by atoms with Crippen molar-refractivity contribution in [3.8, 4) is 0 Å². The Kier molecular flexibility index (Phi) is 5.58. The van der Waals surface area contributed by atoms with E-state index >= 15 is 0 Å². The Balaban J connectivity index is 2.17. The van der Waals surface area contributed by atoms with Crippen LogP contribution in [0.1, 0.15) is 27.2 Å². The average molecular weight is 278 g/mol. The largest absolute Gasteiger partial charge is 0.301 e. The van der Waals surface area contributed by atoms with Crippen molar-refractivity contribution in [2.24, 2.45) is 0 Å². The molecule has 0 atom stereocenters. The third-order valence-corrected chi connectivity index (χ3v) is 3.83. The normalized spacial score (nSPS) is 20.2. The van der Waals surface area contributed by atoms with Gasteiger partial charge in [-0.3, -0.25) is 9.08 Å². The maximum absolute atomic E-state index is 10.8. The molecule has 1 saturated heterocycles. The summed E-state index contributed by atoms with van der Waals surface area (Å²) in [6.07, 6.45) is 1.86. The first kappa shape index (κ1) is 15.9. The van der Waals surface area contributed by atoms with Gasteiger partial charge in [-0.1, -0.05) is 0 Å². The smallest absolute Gasteiger partial charge is 0.264 e. The lowest BCUT2D eigenvalue weighted by Crippen LogP contribution is -2.53. The van der Waals surface area contributed by atoms with E-state index in [1.165, 1.54) is 0 Å². The molecule has 0 aromatic rings. The van der Waals surface area contributed by atoms with Crippen molar-refractivity contribution in [3.05, 3.63) is 0 Å². The minimum Gasteiger partial charge on any atom is -0.301 e. The summed E-state index contributed by atoms with van der Waals surface area (Å²) in [6, 6.07) is 0. The predicted octanol–water partition coefficient (Wildman–Crippen LogP) is 0.769. The van der Waals surface area contributed by atoms with E-state index < -0.39 is 10.1 Å². The van der Waals surface area contributed by atoms with E-state index in [-0.39, 0.29) is 12.1 Å². The molecule has 0 spiro atoms. The molecule has 1 aliphatic rings. The van der Waals surface area contributed by atoms with E-state index in [4.69, 9.17) is 4.18 Å². The van der Waals surface area contributed by atoms with Crippen molar-refractivity contribution in [1.29, 1.82) is 0 Å². The SMILES string of the molecule is CC(C)(C)N1CCN(CCCOS(C)(=O)=O)CC1. The lowest BCUT2D eigenvalue weighted by molar-refractivity contribution is 0.0602. The van der Waals surface area contributed by atoms with Gasteiger partial charge in [0, 0.05) is 38.3 Å². The van der Waals surface area contributed by atoms with Crippen LogP contribution in [0.3, 0.4) is 0 Å². The summed E-state index contributed by atoms with van der Waals surface area (Å²) >= 11 is 0. The molecule has 0 saturated carbocycles. The molecular weight excluding hydrogens is 252 g/mol. The summed E-state index contributed by atoms with van der Waals surface area (Å²) in [5.41, 5.74) is 0.242. The van der Waals surface area contributed by atoms with Crippen molar-refractivity contribution in [1.82, 2.24) is 9.80 Å². The molecule has 0 unspecified atom stereocenters. The molecule has 1 aliphatic heterocycles. The van der Waals surface area contributed by atoms with Crippen molar-refractivity contribution in [2.75, 3.05) is 45.6 Å². The maximum Gasteiger partial charge on any atom is 0.264 e. The Morgan fingerprint density at radius 3 is 2.11 bits per heavy atom. The quantitative estimate of drug-likeness (QED) is 0.549. The molecule has 6 heteroatoms. The van der Waals surface area contributed by atoms with Gasteiger partial charge in [-0.05, 0) is 27.2 Å². The zero-order valence-corrected chi connectivity index (χ0v) is 12.8. The number of piperazine rings is 1. The first-order chi connectivity index (χ1) is 8.18. The maximum atomic E-state index is 10.8. The third-order valence-electron chi connectivity index (χ3n) is 3.24. The fourth-order valence-corrected chi connectivity index (χ4v) is 2.56. The number of rotatable bonds is 5. The summed E-state index contributed by atoms with van der Waals surface area (Å²) in [5, 5.41) is 0. The second kappa shape index (κ2) is 6.32. The zero-order chi connectivity index (χ0) is 13.8. The molecule has 5 nitrogen and oxygen atoms in total. The van der Waals surface area contributed by atoms with Crippen LogP contribution >= 0.6 is 0 Å². The first-order valence-corrected chi connectivity index (χ1v) is 8.32. The van der Waals surface area contributed by atoms with E-state index in [9.17, 15) is 8.42 Å². The van der Waals surface area contributed by atoms with E-state index in [1.807, 2.05) is 0 Å². The van der Waals surface area contributed by atoms with Crippen LogP contribution in [0.25, 0.3) is 0 Å². The van der Waals surface area contributed by atoms with Gasteiger partial charge in [-0.25, -0.2) is 0 Å². The second-order valence-corrected chi connectivity index (χ2v) is 7.52. The average Bonchev–Trinajstić information content (AvgIpc) is 2.22. The molecule has 0 radical (unpaired) electrons. The van der Waals surface area contributed by atoms with Gasteiger partial charge >= 0.3 is 0 Å². The van der Waals surface area contributed by atoms with Gasteiger partial charge in [0.2, 0.25) is 0 Å². The highest BCUT2D eigenvalue weighted by Gasteiger charge is 2.25. The monoisotopic (exact) mass is 278 g/mol. The molecule has 0 aromatic carbocycles. The van der Waals surface area contributed by atoms with Gasteiger partial charge in [-0.15, -0.1) is 0 Å². The number of hydrogen-bond donors (Lipinski definition) is 0. The van der Waals surface area contributed by atoms with Gasteiger partial charge in [0.15, 0.2) is 0 Å². The summed E-state index contributed by atoms with van der Waals surface area (Å²) in [5.74, 6) is 0. The minimum atomic E-state index is -3.28. The van der Waals surface area contributed by atoms with Crippen molar-refractivity contribution in [3.63, 3.8) is 0 Å². The van der Waals surface area contributed by atoms with Crippen LogP contribution in [0.15, 0.2) is 0 Å². The van der Waals surface area contributed by atoms with Crippen LogP contribution in [-0.4, -0.2) is 69.3 Å². The first-order valence-electron chi connectivity index (χ1n) is 6.50. The minimum absolute atomic E-state index is 0.242. The van der Waals surface area contributed by atoms with Crippen LogP contribution in [0.2, 0.25) is 0 Å². The molecule has 0 aliphatic carbocycles. The highest BCUT2D eigenvalue weighted by molar-refractivity contribution is 7.85. The highest BCUT2D eigenvalue weighted by Crippen LogP contribution is 2.15. The molecule has 0 aromatic heterocycles. The van der Waals surface area contributed by atoms with Gasteiger partial charge in [0.05, 0.1) is 12.9 Å². The van der Waals surface area contributed by atoms with Crippen LogP contribution < -0.4 is 0 Å². The fourth-order valence-electron chi connectivity index (χ4n) is 2.14. The van der Waals surface area contributed by atoms with E-state index in [0.29, 0.717) is 0 Å². The molecular formula is C12H26N2O3S. The Morgan fingerprint density at radius 2 is 1.67 bits per heavy atom. The Hall–Kier alpha value is -0.170. The summed E-state index contributed by atoms with van der Waals surface area (Å²) in [7, 11) is -3.28. The molecule has 18 heavy (non-hydrogen) atoms. The molecule has 1 fully saturated rings. The number of hydrogen-bond acceptors (Lipinski definition) is 5. The predicted molar refractivity (Wildman–Crippen MR) is 73.2 cm³/mol. The van der Waals surface area contributed by atoms with E-state index in [0.717, 1.165) is 45.4 Å². The van der Waals surface area contributed by atoms with Crippen molar-refractivity contribution < 1.29 is 12.6 Å². The molecule has 0 amide bonds. The van der Waals surface area contributed by atoms with Crippen molar-refractivity contribution in [2.45, 2.75) is 32.7 Å².